The number of ether oxygens (including phenoxy) is 1. The Hall–Kier alpha value is -3.98. The fourth-order valence-corrected chi connectivity index (χ4v) is 4.13. The van der Waals surface area contributed by atoms with Crippen molar-refractivity contribution in [1.29, 1.82) is 0 Å². The molecule has 4 rings (SSSR count). The molecule has 1 aromatic heterocycles. The summed E-state index contributed by atoms with van der Waals surface area (Å²) in [7, 11) is 1.53. The highest BCUT2D eigenvalue weighted by atomic mass is 19.1. The number of pyridine rings is 1. The molecule has 1 fully saturated rings. The van der Waals surface area contributed by atoms with E-state index in [-0.39, 0.29) is 18.4 Å². The van der Waals surface area contributed by atoms with E-state index in [1.54, 1.807) is 48.8 Å². The molecule has 0 aliphatic carbocycles. The molecule has 0 unspecified atom stereocenters. The van der Waals surface area contributed by atoms with Gasteiger partial charge in [-0.2, -0.15) is 0 Å². The highest BCUT2D eigenvalue weighted by molar-refractivity contribution is 6.39. The summed E-state index contributed by atoms with van der Waals surface area (Å²) in [5.74, 6) is -1.13. The number of hydrogen-bond acceptors (Lipinski definition) is 6. The SMILES string of the molecule is COc1cccc(NC(=O)C(=O)NC[C@@H](c2cccnc2)N2CCN(c3ccc(F)cc3)CC2)c1. The van der Waals surface area contributed by atoms with E-state index in [4.69, 9.17) is 4.74 Å². The maximum absolute atomic E-state index is 13.3. The highest BCUT2D eigenvalue weighted by Crippen LogP contribution is 2.24. The summed E-state index contributed by atoms with van der Waals surface area (Å²) < 4.78 is 18.4. The second-order valence-corrected chi connectivity index (χ2v) is 8.20. The molecule has 1 atom stereocenters. The van der Waals surface area contributed by atoms with Gasteiger partial charge in [0, 0.05) is 62.6 Å². The van der Waals surface area contributed by atoms with Gasteiger partial charge in [-0.25, -0.2) is 4.39 Å². The number of rotatable bonds is 7. The largest absolute Gasteiger partial charge is 0.497 e. The zero-order chi connectivity index (χ0) is 24.6. The third kappa shape index (κ3) is 6.33. The summed E-state index contributed by atoms with van der Waals surface area (Å²) in [6.45, 7) is 3.25. The standard InChI is InChI=1S/C26H28FN5O3/c1-35-23-6-2-5-21(16-23)30-26(34)25(33)29-18-24(19-4-3-11-28-17-19)32-14-12-31(13-15-32)22-9-7-20(27)8-10-22/h2-11,16-17,24H,12-15,18H2,1H3,(H,29,33)(H,30,34)/t24-/m0/s1. The Morgan fingerprint density at radius 3 is 2.49 bits per heavy atom. The third-order valence-corrected chi connectivity index (χ3v) is 6.01. The Kier molecular flexibility index (Phi) is 7.89. The normalized spacial score (nSPS) is 14.7. The van der Waals surface area contributed by atoms with Crippen LogP contribution in [0.4, 0.5) is 15.8 Å². The van der Waals surface area contributed by atoms with Gasteiger partial charge < -0.3 is 20.3 Å². The topological polar surface area (TPSA) is 86.8 Å². The molecule has 0 bridgehead atoms. The number of anilines is 2. The molecule has 0 radical (unpaired) electrons. The van der Waals surface area contributed by atoms with Crippen molar-refractivity contribution >= 4 is 23.2 Å². The predicted molar refractivity (Wildman–Crippen MR) is 132 cm³/mol. The molecule has 1 saturated heterocycles. The molecule has 9 heteroatoms. The van der Waals surface area contributed by atoms with Crippen molar-refractivity contribution in [2.24, 2.45) is 0 Å². The third-order valence-electron chi connectivity index (χ3n) is 6.01. The molecule has 1 aliphatic heterocycles. The maximum atomic E-state index is 13.3. The monoisotopic (exact) mass is 477 g/mol. The number of nitrogens with zero attached hydrogens (tertiary/aromatic N) is 3. The Labute approximate surface area is 203 Å². The van der Waals surface area contributed by atoms with Crippen LogP contribution in [0.15, 0.2) is 73.1 Å². The molecule has 2 aromatic carbocycles. The second-order valence-electron chi connectivity index (χ2n) is 8.20. The van der Waals surface area contributed by atoms with Gasteiger partial charge in [0.25, 0.3) is 0 Å². The number of aromatic nitrogens is 1. The van der Waals surface area contributed by atoms with Gasteiger partial charge >= 0.3 is 11.8 Å². The number of piperazine rings is 1. The van der Waals surface area contributed by atoms with E-state index in [0.717, 1.165) is 37.4 Å². The summed E-state index contributed by atoms with van der Waals surface area (Å²) in [6, 6.07) is 17.0. The quantitative estimate of drug-likeness (QED) is 0.509. The Balaban J connectivity index is 1.38. The van der Waals surface area contributed by atoms with Crippen LogP contribution in [-0.4, -0.2) is 61.5 Å². The fraction of sp³-hybridized carbons (Fsp3) is 0.269. The Bertz CT molecular complexity index is 1140. The summed E-state index contributed by atoms with van der Waals surface area (Å²) in [5.41, 5.74) is 2.41. The average Bonchev–Trinajstić information content (AvgIpc) is 2.90. The first-order valence-corrected chi connectivity index (χ1v) is 11.4. The minimum Gasteiger partial charge on any atom is -0.497 e. The Morgan fingerprint density at radius 2 is 1.80 bits per heavy atom. The minimum absolute atomic E-state index is 0.146. The van der Waals surface area contributed by atoms with E-state index in [0.29, 0.717) is 11.4 Å². The lowest BCUT2D eigenvalue weighted by Crippen LogP contribution is -2.50. The average molecular weight is 478 g/mol. The number of carbonyl (C=O) groups excluding carboxylic acids is 2. The lowest BCUT2D eigenvalue weighted by Gasteiger charge is -2.40. The zero-order valence-corrected chi connectivity index (χ0v) is 19.5. The Morgan fingerprint density at radius 1 is 1.03 bits per heavy atom. The first kappa shape index (κ1) is 24.2. The van der Waals surface area contributed by atoms with Gasteiger partial charge in [-0.15, -0.1) is 0 Å². The molecule has 35 heavy (non-hydrogen) atoms. The number of amides is 2. The van der Waals surface area contributed by atoms with Crippen LogP contribution in [0.25, 0.3) is 0 Å². The summed E-state index contributed by atoms with van der Waals surface area (Å²) in [4.78, 5) is 33.7. The molecule has 182 valence electrons. The van der Waals surface area contributed by atoms with E-state index >= 15 is 0 Å². The molecular formula is C26H28FN5O3. The van der Waals surface area contributed by atoms with E-state index in [2.05, 4.69) is 25.4 Å². The van der Waals surface area contributed by atoms with Crippen LogP contribution < -0.4 is 20.3 Å². The van der Waals surface area contributed by atoms with Crippen molar-refractivity contribution in [1.82, 2.24) is 15.2 Å². The van der Waals surface area contributed by atoms with Gasteiger partial charge in [0.05, 0.1) is 13.2 Å². The van der Waals surface area contributed by atoms with Crippen LogP contribution in [0, 0.1) is 5.82 Å². The highest BCUT2D eigenvalue weighted by Gasteiger charge is 2.27. The number of benzene rings is 2. The first-order valence-electron chi connectivity index (χ1n) is 11.4. The van der Waals surface area contributed by atoms with Gasteiger partial charge in [-0.3, -0.25) is 19.5 Å². The van der Waals surface area contributed by atoms with Crippen molar-refractivity contribution in [3.8, 4) is 5.75 Å². The number of halogens is 1. The molecule has 0 spiro atoms. The fourth-order valence-electron chi connectivity index (χ4n) is 4.13. The minimum atomic E-state index is -0.746. The molecule has 2 amide bonds. The van der Waals surface area contributed by atoms with E-state index in [1.807, 2.05) is 12.1 Å². The number of nitrogens with one attached hydrogen (secondary N) is 2. The van der Waals surface area contributed by atoms with E-state index < -0.39 is 11.8 Å². The van der Waals surface area contributed by atoms with Crippen LogP contribution in [0.3, 0.4) is 0 Å². The van der Waals surface area contributed by atoms with Crippen molar-refractivity contribution in [2.75, 3.05) is 50.1 Å². The van der Waals surface area contributed by atoms with Gasteiger partial charge in [0.15, 0.2) is 0 Å². The molecule has 3 aromatic rings. The van der Waals surface area contributed by atoms with Crippen LogP contribution in [0.5, 0.6) is 5.75 Å². The van der Waals surface area contributed by atoms with Crippen molar-refractivity contribution < 1.29 is 18.7 Å². The number of carbonyl (C=O) groups is 2. The molecule has 0 saturated carbocycles. The van der Waals surface area contributed by atoms with Crippen molar-refractivity contribution in [3.05, 3.63) is 84.4 Å². The molecule has 1 aliphatic rings. The van der Waals surface area contributed by atoms with Crippen molar-refractivity contribution in [3.63, 3.8) is 0 Å². The summed E-state index contributed by atoms with van der Waals surface area (Å²) >= 11 is 0. The van der Waals surface area contributed by atoms with Gasteiger partial charge in [-0.1, -0.05) is 12.1 Å². The lowest BCUT2D eigenvalue weighted by atomic mass is 10.1. The predicted octanol–water partition coefficient (Wildman–Crippen LogP) is 2.85. The molecule has 8 nitrogen and oxygen atoms in total. The number of hydrogen-bond donors (Lipinski definition) is 2. The van der Waals surface area contributed by atoms with Crippen LogP contribution in [0.2, 0.25) is 0 Å². The summed E-state index contributed by atoms with van der Waals surface area (Å²) in [5, 5.41) is 5.37. The second kappa shape index (κ2) is 11.4. The lowest BCUT2D eigenvalue weighted by molar-refractivity contribution is -0.136. The van der Waals surface area contributed by atoms with Gasteiger partial charge in [0.2, 0.25) is 0 Å². The maximum Gasteiger partial charge on any atom is 0.313 e. The van der Waals surface area contributed by atoms with Gasteiger partial charge in [0.1, 0.15) is 11.6 Å². The first-order chi connectivity index (χ1) is 17.0. The van der Waals surface area contributed by atoms with E-state index in [9.17, 15) is 14.0 Å². The van der Waals surface area contributed by atoms with Crippen LogP contribution >= 0.6 is 0 Å². The smallest absolute Gasteiger partial charge is 0.313 e. The molecular weight excluding hydrogens is 449 g/mol. The number of methoxy groups -OCH3 is 1. The van der Waals surface area contributed by atoms with Gasteiger partial charge in [-0.05, 0) is 48.0 Å². The van der Waals surface area contributed by atoms with Crippen molar-refractivity contribution in [2.45, 2.75) is 6.04 Å². The van der Waals surface area contributed by atoms with Crippen LogP contribution in [-0.2, 0) is 9.59 Å². The van der Waals surface area contributed by atoms with Crippen LogP contribution in [0.1, 0.15) is 11.6 Å². The zero-order valence-electron chi connectivity index (χ0n) is 19.5. The summed E-state index contributed by atoms with van der Waals surface area (Å²) in [6.07, 6.45) is 3.48. The van der Waals surface area contributed by atoms with E-state index in [1.165, 1.54) is 19.2 Å². The molecule has 2 heterocycles. The molecule has 2 N–H and O–H groups in total.